The third-order valence-corrected chi connectivity index (χ3v) is 5.80. The lowest BCUT2D eigenvalue weighted by Gasteiger charge is -2.04. The van der Waals surface area contributed by atoms with Crippen LogP contribution in [0.25, 0.3) is 10.2 Å². The fourth-order valence-corrected chi connectivity index (χ4v) is 4.57. The number of nitrogens with one attached hydrogen (secondary N) is 1. The summed E-state index contributed by atoms with van der Waals surface area (Å²) in [6.07, 6.45) is 0. The van der Waals surface area contributed by atoms with Crippen LogP contribution in [0, 0.1) is 10.1 Å². The molecule has 1 N–H and O–H groups in total. The van der Waals surface area contributed by atoms with E-state index in [0.717, 1.165) is 15.2 Å². The molecule has 1 aromatic heterocycles. The lowest BCUT2D eigenvalue weighted by Crippen LogP contribution is -2.12. The Bertz CT molecular complexity index is 1020. The maximum atomic E-state index is 12.3. The standard InChI is InChI=1S/C13H8BrN3O4S2/c14-8-4-5-11-12(6-8)22-13(15-11)16-23(20,21)10-3-1-2-9(7-10)17(18)19/h1-7H,(H,15,16). The van der Waals surface area contributed by atoms with Crippen molar-refractivity contribution in [2.24, 2.45) is 0 Å². The Morgan fingerprint density at radius 1 is 1.22 bits per heavy atom. The summed E-state index contributed by atoms with van der Waals surface area (Å²) in [4.78, 5) is 14.1. The van der Waals surface area contributed by atoms with Crippen LogP contribution in [0.3, 0.4) is 0 Å². The van der Waals surface area contributed by atoms with Crippen LogP contribution in [0.4, 0.5) is 10.8 Å². The molecule has 0 unspecified atom stereocenters. The van der Waals surface area contributed by atoms with Crippen LogP contribution in [0.5, 0.6) is 0 Å². The van der Waals surface area contributed by atoms with Crippen LogP contribution in [-0.2, 0) is 10.0 Å². The minimum atomic E-state index is -3.95. The van der Waals surface area contributed by atoms with Crippen LogP contribution in [0.2, 0.25) is 0 Å². The number of non-ortho nitro benzene ring substituents is 1. The van der Waals surface area contributed by atoms with Crippen molar-refractivity contribution in [3.63, 3.8) is 0 Å². The Hall–Kier alpha value is -2.04. The molecule has 0 fully saturated rings. The largest absolute Gasteiger partial charge is 0.270 e. The average Bonchev–Trinajstić information content (AvgIpc) is 2.87. The van der Waals surface area contributed by atoms with Gasteiger partial charge < -0.3 is 0 Å². The van der Waals surface area contributed by atoms with E-state index in [2.05, 4.69) is 25.6 Å². The molecule has 0 aliphatic rings. The van der Waals surface area contributed by atoms with Crippen molar-refractivity contribution in [3.8, 4) is 0 Å². The fraction of sp³-hybridized carbons (Fsp3) is 0. The fourth-order valence-electron chi connectivity index (χ4n) is 1.88. The van der Waals surface area contributed by atoms with Gasteiger partial charge in [0.15, 0.2) is 5.13 Å². The van der Waals surface area contributed by atoms with Gasteiger partial charge >= 0.3 is 0 Å². The molecule has 0 aliphatic carbocycles. The van der Waals surface area contributed by atoms with E-state index in [1.807, 2.05) is 6.07 Å². The van der Waals surface area contributed by atoms with Crippen molar-refractivity contribution >= 4 is 58.3 Å². The summed E-state index contributed by atoms with van der Waals surface area (Å²) in [7, 11) is -3.95. The van der Waals surface area contributed by atoms with Gasteiger partial charge in [-0.15, -0.1) is 0 Å². The van der Waals surface area contributed by atoms with Crippen LogP contribution >= 0.6 is 27.3 Å². The van der Waals surface area contributed by atoms with Gasteiger partial charge in [-0.25, -0.2) is 13.4 Å². The maximum absolute atomic E-state index is 12.3. The Kier molecular flexibility index (Phi) is 4.04. The van der Waals surface area contributed by atoms with Gasteiger partial charge in [0.1, 0.15) is 0 Å². The molecular formula is C13H8BrN3O4S2. The van der Waals surface area contributed by atoms with Gasteiger partial charge in [-0.05, 0) is 24.3 Å². The van der Waals surface area contributed by atoms with Gasteiger partial charge in [0.25, 0.3) is 15.7 Å². The number of rotatable bonds is 4. The number of hydrogen-bond donors (Lipinski definition) is 1. The Labute approximate surface area is 143 Å². The molecule has 0 atom stereocenters. The number of aromatic nitrogens is 1. The van der Waals surface area contributed by atoms with Gasteiger partial charge in [-0.1, -0.05) is 33.3 Å². The first-order valence-electron chi connectivity index (χ1n) is 6.18. The van der Waals surface area contributed by atoms with Crippen molar-refractivity contribution in [1.82, 2.24) is 4.98 Å². The minimum Gasteiger partial charge on any atom is -0.258 e. The monoisotopic (exact) mass is 413 g/mol. The number of benzene rings is 2. The summed E-state index contributed by atoms with van der Waals surface area (Å²) in [6, 6.07) is 10.3. The molecule has 0 radical (unpaired) electrons. The van der Waals surface area contributed by atoms with E-state index < -0.39 is 14.9 Å². The molecule has 1 heterocycles. The first-order chi connectivity index (χ1) is 10.8. The molecule has 3 aromatic rings. The number of sulfonamides is 1. The number of hydrogen-bond acceptors (Lipinski definition) is 6. The Morgan fingerprint density at radius 2 is 2.00 bits per heavy atom. The summed E-state index contributed by atoms with van der Waals surface area (Å²) in [5.41, 5.74) is 0.371. The highest BCUT2D eigenvalue weighted by molar-refractivity contribution is 9.10. The topological polar surface area (TPSA) is 102 Å². The van der Waals surface area contributed by atoms with Gasteiger partial charge in [-0.3, -0.25) is 14.8 Å². The number of fused-ring (bicyclic) bond motifs is 1. The van der Waals surface area contributed by atoms with E-state index in [4.69, 9.17) is 0 Å². The van der Waals surface area contributed by atoms with E-state index in [9.17, 15) is 18.5 Å². The van der Waals surface area contributed by atoms with E-state index in [1.54, 1.807) is 12.1 Å². The zero-order chi connectivity index (χ0) is 16.6. The lowest BCUT2D eigenvalue weighted by molar-refractivity contribution is -0.385. The van der Waals surface area contributed by atoms with E-state index in [-0.39, 0.29) is 15.7 Å². The molecule has 118 valence electrons. The van der Waals surface area contributed by atoms with Gasteiger partial charge in [0.05, 0.1) is 20.0 Å². The number of nitro benzene ring substituents is 1. The third kappa shape index (κ3) is 3.33. The van der Waals surface area contributed by atoms with Crippen molar-refractivity contribution in [2.45, 2.75) is 4.90 Å². The molecule has 2 aromatic carbocycles. The van der Waals surface area contributed by atoms with Crippen molar-refractivity contribution in [2.75, 3.05) is 4.72 Å². The molecule has 7 nitrogen and oxygen atoms in total. The lowest BCUT2D eigenvalue weighted by atomic mass is 10.3. The number of anilines is 1. The summed E-state index contributed by atoms with van der Waals surface area (Å²) < 4.78 is 28.7. The molecule has 0 amide bonds. The smallest absolute Gasteiger partial charge is 0.258 e. The summed E-state index contributed by atoms with van der Waals surface area (Å²) in [6.45, 7) is 0. The number of nitrogens with zero attached hydrogens (tertiary/aromatic N) is 2. The van der Waals surface area contributed by atoms with Crippen LogP contribution in [0.15, 0.2) is 51.8 Å². The predicted molar refractivity (Wildman–Crippen MR) is 91.2 cm³/mol. The summed E-state index contributed by atoms with van der Waals surface area (Å²) >= 11 is 4.52. The number of nitro groups is 1. The predicted octanol–water partition coefficient (Wildman–Crippen LogP) is 3.77. The van der Waals surface area contributed by atoms with Crippen molar-refractivity contribution in [3.05, 3.63) is 57.1 Å². The SMILES string of the molecule is O=[N+]([O-])c1cccc(S(=O)(=O)Nc2nc3ccc(Br)cc3s2)c1. The number of thiazole rings is 1. The highest BCUT2D eigenvalue weighted by Crippen LogP contribution is 2.30. The zero-order valence-electron chi connectivity index (χ0n) is 11.3. The second-order valence-electron chi connectivity index (χ2n) is 4.49. The van der Waals surface area contributed by atoms with E-state index >= 15 is 0 Å². The van der Waals surface area contributed by atoms with Crippen LogP contribution < -0.4 is 4.72 Å². The molecule has 0 saturated carbocycles. The molecule has 3 rings (SSSR count). The van der Waals surface area contributed by atoms with Gasteiger partial charge in [0, 0.05) is 16.6 Å². The second kappa shape index (κ2) is 5.87. The zero-order valence-corrected chi connectivity index (χ0v) is 14.5. The number of halogens is 1. The normalized spacial score (nSPS) is 11.5. The first-order valence-corrected chi connectivity index (χ1v) is 9.28. The molecule has 0 aliphatic heterocycles. The quantitative estimate of drug-likeness (QED) is 0.517. The average molecular weight is 414 g/mol. The highest BCUT2D eigenvalue weighted by Gasteiger charge is 2.19. The minimum absolute atomic E-state index is 0.188. The Balaban J connectivity index is 1.96. The summed E-state index contributed by atoms with van der Waals surface area (Å²) in [5, 5.41) is 11.0. The van der Waals surface area contributed by atoms with Gasteiger partial charge in [-0.2, -0.15) is 0 Å². The van der Waals surface area contributed by atoms with E-state index in [0.29, 0.717) is 5.52 Å². The summed E-state index contributed by atoms with van der Waals surface area (Å²) in [5.74, 6) is 0. The molecular weight excluding hydrogens is 406 g/mol. The molecule has 23 heavy (non-hydrogen) atoms. The maximum Gasteiger partial charge on any atom is 0.270 e. The van der Waals surface area contributed by atoms with Crippen molar-refractivity contribution < 1.29 is 13.3 Å². The highest BCUT2D eigenvalue weighted by atomic mass is 79.9. The molecule has 0 saturated heterocycles. The third-order valence-electron chi connectivity index (χ3n) is 2.91. The van der Waals surface area contributed by atoms with Crippen molar-refractivity contribution in [1.29, 1.82) is 0 Å². The first kappa shape index (κ1) is 15.8. The van der Waals surface area contributed by atoms with E-state index in [1.165, 1.54) is 29.5 Å². The van der Waals surface area contributed by atoms with Gasteiger partial charge in [0.2, 0.25) is 0 Å². The van der Waals surface area contributed by atoms with Crippen LogP contribution in [-0.4, -0.2) is 18.3 Å². The second-order valence-corrected chi connectivity index (χ2v) is 8.12. The van der Waals surface area contributed by atoms with Crippen LogP contribution in [0.1, 0.15) is 0 Å². The Morgan fingerprint density at radius 3 is 2.74 bits per heavy atom. The molecule has 0 bridgehead atoms. The molecule has 10 heteroatoms. The molecule has 0 spiro atoms.